The van der Waals surface area contributed by atoms with Gasteiger partial charge in [0.15, 0.2) is 0 Å². The molecule has 1 amide bonds. The summed E-state index contributed by atoms with van der Waals surface area (Å²) in [6, 6.07) is 2.50. The smallest absolute Gasteiger partial charge is 0.235 e. The molecule has 3 N–H and O–H groups in total. The van der Waals surface area contributed by atoms with Crippen molar-refractivity contribution in [3.8, 4) is 6.07 Å². The van der Waals surface area contributed by atoms with E-state index in [-0.39, 0.29) is 11.9 Å². The number of amides is 1. The second kappa shape index (κ2) is 6.36. The molecular weight excluding hydrogens is 240 g/mol. The van der Waals surface area contributed by atoms with E-state index >= 15 is 0 Å². The standard InChI is InChI=1S/C14H24N4O/c15-11-14(6-2-1-3-7-14)17-13(19)10-18-8-4-5-12(16)9-18/h12H,1-10,16H2,(H,17,19)/t12-/m1/s1. The minimum Gasteiger partial charge on any atom is -0.337 e. The van der Waals surface area contributed by atoms with E-state index in [1.165, 1.54) is 6.42 Å². The maximum absolute atomic E-state index is 12.1. The lowest BCUT2D eigenvalue weighted by Crippen LogP contribution is -2.53. The predicted octanol–water partition coefficient (Wildman–Crippen LogP) is 0.752. The third-order valence-corrected chi connectivity index (χ3v) is 4.21. The molecule has 0 unspecified atom stereocenters. The van der Waals surface area contributed by atoms with E-state index in [0.29, 0.717) is 6.54 Å². The molecular formula is C14H24N4O. The Morgan fingerprint density at radius 3 is 2.74 bits per heavy atom. The molecule has 1 heterocycles. The molecule has 19 heavy (non-hydrogen) atoms. The molecule has 0 aromatic carbocycles. The first kappa shape index (κ1) is 14.3. The normalized spacial score (nSPS) is 27.5. The number of carbonyl (C=O) groups excluding carboxylic acids is 1. The molecule has 106 valence electrons. The van der Waals surface area contributed by atoms with Crippen LogP contribution in [0.15, 0.2) is 0 Å². The summed E-state index contributed by atoms with van der Waals surface area (Å²) in [5.41, 5.74) is 5.29. The van der Waals surface area contributed by atoms with Crippen molar-refractivity contribution in [1.82, 2.24) is 10.2 Å². The topological polar surface area (TPSA) is 82.2 Å². The summed E-state index contributed by atoms with van der Waals surface area (Å²) in [7, 11) is 0. The quantitative estimate of drug-likeness (QED) is 0.788. The maximum Gasteiger partial charge on any atom is 0.235 e. The van der Waals surface area contributed by atoms with Gasteiger partial charge in [-0.3, -0.25) is 9.69 Å². The van der Waals surface area contributed by atoms with Crippen molar-refractivity contribution >= 4 is 5.91 Å². The summed E-state index contributed by atoms with van der Waals surface area (Å²) in [5, 5.41) is 12.3. The van der Waals surface area contributed by atoms with Gasteiger partial charge in [0.25, 0.3) is 0 Å². The maximum atomic E-state index is 12.1. The van der Waals surface area contributed by atoms with Crippen molar-refractivity contribution in [2.75, 3.05) is 19.6 Å². The van der Waals surface area contributed by atoms with Crippen LogP contribution in [-0.2, 0) is 4.79 Å². The highest BCUT2D eigenvalue weighted by molar-refractivity contribution is 5.79. The lowest BCUT2D eigenvalue weighted by Gasteiger charge is -2.34. The van der Waals surface area contributed by atoms with Crippen molar-refractivity contribution < 1.29 is 4.79 Å². The molecule has 5 heteroatoms. The lowest BCUT2D eigenvalue weighted by molar-refractivity contribution is -0.124. The van der Waals surface area contributed by atoms with E-state index in [2.05, 4.69) is 16.3 Å². The van der Waals surface area contributed by atoms with E-state index in [9.17, 15) is 10.1 Å². The third kappa shape index (κ3) is 3.92. The molecule has 2 rings (SSSR count). The average Bonchev–Trinajstić information content (AvgIpc) is 2.39. The van der Waals surface area contributed by atoms with Crippen LogP contribution in [0.1, 0.15) is 44.9 Å². The molecule has 5 nitrogen and oxygen atoms in total. The molecule has 0 bridgehead atoms. The Morgan fingerprint density at radius 2 is 2.11 bits per heavy atom. The Labute approximate surface area is 115 Å². The molecule has 1 aliphatic heterocycles. The zero-order valence-electron chi connectivity index (χ0n) is 11.5. The van der Waals surface area contributed by atoms with Crippen LogP contribution in [0.2, 0.25) is 0 Å². The van der Waals surface area contributed by atoms with Crippen molar-refractivity contribution in [3.05, 3.63) is 0 Å². The minimum absolute atomic E-state index is 0.0300. The molecule has 1 atom stereocenters. The number of nitriles is 1. The largest absolute Gasteiger partial charge is 0.337 e. The van der Waals surface area contributed by atoms with Crippen molar-refractivity contribution in [1.29, 1.82) is 5.26 Å². The van der Waals surface area contributed by atoms with Crippen LogP contribution in [0, 0.1) is 11.3 Å². The van der Waals surface area contributed by atoms with E-state index in [1.54, 1.807) is 0 Å². The van der Waals surface area contributed by atoms with Crippen LogP contribution in [0.4, 0.5) is 0 Å². The van der Waals surface area contributed by atoms with Gasteiger partial charge in [0.2, 0.25) is 5.91 Å². The zero-order valence-corrected chi connectivity index (χ0v) is 11.5. The minimum atomic E-state index is -0.618. The Bertz CT molecular complexity index is 357. The number of nitrogens with one attached hydrogen (secondary N) is 1. The van der Waals surface area contributed by atoms with E-state index in [4.69, 9.17) is 5.73 Å². The van der Waals surface area contributed by atoms with Crippen LogP contribution in [-0.4, -0.2) is 42.0 Å². The van der Waals surface area contributed by atoms with Gasteiger partial charge in [0.05, 0.1) is 12.6 Å². The summed E-state index contributed by atoms with van der Waals surface area (Å²) in [4.78, 5) is 14.2. The van der Waals surface area contributed by atoms with Crippen molar-refractivity contribution in [2.24, 2.45) is 5.73 Å². The molecule has 2 aliphatic rings. The van der Waals surface area contributed by atoms with E-state index < -0.39 is 5.54 Å². The number of carbonyl (C=O) groups is 1. The number of rotatable bonds is 3. The number of hydrogen-bond donors (Lipinski definition) is 2. The molecule has 1 saturated heterocycles. The monoisotopic (exact) mass is 264 g/mol. The molecule has 0 aromatic rings. The van der Waals surface area contributed by atoms with Crippen molar-refractivity contribution in [3.63, 3.8) is 0 Å². The van der Waals surface area contributed by atoms with E-state index in [0.717, 1.165) is 51.6 Å². The number of nitrogens with zero attached hydrogens (tertiary/aromatic N) is 2. The van der Waals surface area contributed by atoms with Gasteiger partial charge in [0.1, 0.15) is 5.54 Å². The van der Waals surface area contributed by atoms with Gasteiger partial charge in [-0.05, 0) is 32.2 Å². The first-order chi connectivity index (χ1) is 9.13. The van der Waals surface area contributed by atoms with Crippen LogP contribution in [0.3, 0.4) is 0 Å². The fraction of sp³-hybridized carbons (Fsp3) is 0.857. The first-order valence-electron chi connectivity index (χ1n) is 7.34. The van der Waals surface area contributed by atoms with Gasteiger partial charge in [0, 0.05) is 12.6 Å². The molecule has 1 saturated carbocycles. The molecule has 2 fully saturated rings. The Morgan fingerprint density at radius 1 is 1.37 bits per heavy atom. The zero-order chi connectivity index (χ0) is 13.7. The van der Waals surface area contributed by atoms with Gasteiger partial charge in [-0.2, -0.15) is 5.26 Å². The summed E-state index contributed by atoms with van der Waals surface area (Å²) in [5.74, 6) is -0.0300. The fourth-order valence-electron chi connectivity index (χ4n) is 3.16. The molecule has 1 aliphatic carbocycles. The second-order valence-electron chi connectivity index (χ2n) is 5.94. The second-order valence-corrected chi connectivity index (χ2v) is 5.94. The molecule has 0 spiro atoms. The molecule has 0 aromatic heterocycles. The lowest BCUT2D eigenvalue weighted by atomic mass is 9.83. The van der Waals surface area contributed by atoms with Gasteiger partial charge >= 0.3 is 0 Å². The summed E-state index contributed by atoms with van der Waals surface area (Å²) in [6.07, 6.45) is 6.90. The molecule has 0 radical (unpaired) electrons. The average molecular weight is 264 g/mol. The van der Waals surface area contributed by atoms with Gasteiger partial charge in [-0.25, -0.2) is 0 Å². The van der Waals surface area contributed by atoms with Crippen LogP contribution in [0.5, 0.6) is 0 Å². The highest BCUT2D eigenvalue weighted by atomic mass is 16.2. The number of hydrogen-bond acceptors (Lipinski definition) is 4. The Kier molecular flexibility index (Phi) is 4.78. The third-order valence-electron chi connectivity index (χ3n) is 4.21. The number of nitrogens with two attached hydrogens (primary N) is 1. The highest BCUT2D eigenvalue weighted by Gasteiger charge is 2.34. The first-order valence-corrected chi connectivity index (χ1v) is 7.34. The van der Waals surface area contributed by atoms with Gasteiger partial charge < -0.3 is 11.1 Å². The van der Waals surface area contributed by atoms with Gasteiger partial charge in [-0.1, -0.05) is 19.3 Å². The summed E-state index contributed by atoms with van der Waals surface area (Å²) >= 11 is 0. The summed E-state index contributed by atoms with van der Waals surface area (Å²) < 4.78 is 0. The Hall–Kier alpha value is -1.12. The number of likely N-dealkylation sites (tertiary alicyclic amines) is 1. The van der Waals surface area contributed by atoms with Gasteiger partial charge in [-0.15, -0.1) is 0 Å². The highest BCUT2D eigenvalue weighted by Crippen LogP contribution is 2.27. The summed E-state index contributed by atoms with van der Waals surface area (Å²) in [6.45, 7) is 2.09. The van der Waals surface area contributed by atoms with E-state index in [1.807, 2.05) is 0 Å². The fourth-order valence-corrected chi connectivity index (χ4v) is 3.16. The predicted molar refractivity (Wildman–Crippen MR) is 73.2 cm³/mol. The van der Waals surface area contributed by atoms with Crippen molar-refractivity contribution in [2.45, 2.75) is 56.5 Å². The SMILES string of the molecule is N#CC1(NC(=O)CN2CCC[C@@H](N)C2)CCCCC1. The van der Waals surface area contributed by atoms with Crippen LogP contribution >= 0.6 is 0 Å². The van der Waals surface area contributed by atoms with Crippen LogP contribution in [0.25, 0.3) is 0 Å². The Balaban J connectivity index is 1.84. The van der Waals surface area contributed by atoms with Crippen LogP contribution < -0.4 is 11.1 Å². The number of piperidine rings is 1.